The number of halogens is 1. The smallest absolute Gasteiger partial charge is 0.444 e. The number of hydrogen-bond donors (Lipinski definition) is 0. The average Bonchev–Trinajstić information content (AvgIpc) is 2.86. The molecular formula is C24H36BClN2O5. The first-order valence-electron chi connectivity index (χ1n) is 11.4. The zero-order valence-corrected chi connectivity index (χ0v) is 21.9. The fourth-order valence-corrected chi connectivity index (χ4v) is 4.38. The van der Waals surface area contributed by atoms with Gasteiger partial charge in [0.15, 0.2) is 0 Å². The van der Waals surface area contributed by atoms with E-state index >= 15 is 0 Å². The Kier molecular flexibility index (Phi) is 6.88. The summed E-state index contributed by atoms with van der Waals surface area (Å²) in [5.74, 6) is -0.0622. The Hall–Kier alpha value is -1.77. The molecule has 1 aromatic carbocycles. The molecule has 0 aromatic heterocycles. The second kappa shape index (κ2) is 8.79. The van der Waals surface area contributed by atoms with Gasteiger partial charge in [-0.1, -0.05) is 17.7 Å². The van der Waals surface area contributed by atoms with Crippen LogP contribution in [0.25, 0.3) is 0 Å². The standard InChI is InChI=1S/C24H36BClN2O5/c1-15-13-28(16(2)29)20(14-27(15)21(30)31-22(3,4)5)17-10-18(12-19(26)11-17)25-32-23(6,7)24(8,9)33-25/h10-12,15,20H,13-14H2,1-9H3. The fourth-order valence-electron chi connectivity index (χ4n) is 4.13. The molecule has 0 spiro atoms. The van der Waals surface area contributed by atoms with Gasteiger partial charge in [-0.25, -0.2) is 4.79 Å². The topological polar surface area (TPSA) is 68.3 Å². The number of carbonyl (C=O) groups is 2. The Morgan fingerprint density at radius 3 is 2.15 bits per heavy atom. The molecule has 7 nitrogen and oxygen atoms in total. The Balaban J connectivity index is 1.95. The summed E-state index contributed by atoms with van der Waals surface area (Å²) in [5.41, 5.74) is 0.0212. The second-order valence-corrected chi connectivity index (χ2v) is 11.5. The molecule has 1 aromatic rings. The maximum Gasteiger partial charge on any atom is 0.494 e. The molecule has 2 heterocycles. The van der Waals surface area contributed by atoms with Crippen LogP contribution in [0.15, 0.2) is 18.2 Å². The number of amides is 2. The van der Waals surface area contributed by atoms with Crippen molar-refractivity contribution >= 4 is 36.2 Å². The van der Waals surface area contributed by atoms with Gasteiger partial charge in [0.25, 0.3) is 0 Å². The number of rotatable bonds is 2. The van der Waals surface area contributed by atoms with Crippen LogP contribution in [0.2, 0.25) is 5.02 Å². The van der Waals surface area contributed by atoms with Crippen LogP contribution in [0, 0.1) is 0 Å². The van der Waals surface area contributed by atoms with E-state index in [-0.39, 0.29) is 18.0 Å². The van der Waals surface area contributed by atoms with Crippen molar-refractivity contribution in [1.29, 1.82) is 0 Å². The normalized spacial score (nSPS) is 24.7. The van der Waals surface area contributed by atoms with E-state index in [4.69, 9.17) is 25.6 Å². The van der Waals surface area contributed by atoms with E-state index in [0.717, 1.165) is 11.0 Å². The van der Waals surface area contributed by atoms with Crippen molar-refractivity contribution in [3.8, 4) is 0 Å². The summed E-state index contributed by atoms with van der Waals surface area (Å²) >= 11 is 6.51. The van der Waals surface area contributed by atoms with Gasteiger partial charge in [0, 0.05) is 31.1 Å². The molecule has 0 radical (unpaired) electrons. The molecule has 2 atom stereocenters. The van der Waals surface area contributed by atoms with Crippen LogP contribution in [0.4, 0.5) is 4.79 Å². The van der Waals surface area contributed by atoms with E-state index in [1.807, 2.05) is 73.6 Å². The lowest BCUT2D eigenvalue weighted by atomic mass is 9.77. The van der Waals surface area contributed by atoms with E-state index in [1.54, 1.807) is 16.7 Å². The molecule has 9 heteroatoms. The minimum Gasteiger partial charge on any atom is -0.444 e. The van der Waals surface area contributed by atoms with Crippen LogP contribution in [-0.2, 0) is 18.8 Å². The summed E-state index contributed by atoms with van der Waals surface area (Å²) in [6, 6.07) is 5.06. The lowest BCUT2D eigenvalue weighted by molar-refractivity contribution is -0.135. The van der Waals surface area contributed by atoms with Crippen molar-refractivity contribution in [2.75, 3.05) is 13.1 Å². The lowest BCUT2D eigenvalue weighted by Gasteiger charge is -2.45. The molecule has 2 fully saturated rings. The number of carbonyl (C=O) groups excluding carboxylic acids is 2. The van der Waals surface area contributed by atoms with Gasteiger partial charge in [-0.05, 0) is 78.5 Å². The maximum absolute atomic E-state index is 12.9. The van der Waals surface area contributed by atoms with Crippen LogP contribution >= 0.6 is 11.6 Å². The molecule has 0 N–H and O–H groups in total. The predicted molar refractivity (Wildman–Crippen MR) is 130 cm³/mol. The molecule has 2 aliphatic heterocycles. The molecular weight excluding hydrogens is 443 g/mol. The maximum atomic E-state index is 12.9. The highest BCUT2D eigenvalue weighted by atomic mass is 35.5. The van der Waals surface area contributed by atoms with Gasteiger partial charge in [0.05, 0.1) is 17.2 Å². The highest BCUT2D eigenvalue weighted by Gasteiger charge is 2.52. The number of benzene rings is 1. The van der Waals surface area contributed by atoms with Gasteiger partial charge in [-0.3, -0.25) is 4.79 Å². The molecule has 2 aliphatic rings. The molecule has 2 saturated heterocycles. The average molecular weight is 479 g/mol. The van der Waals surface area contributed by atoms with Crippen molar-refractivity contribution < 1.29 is 23.6 Å². The van der Waals surface area contributed by atoms with E-state index < -0.39 is 30.0 Å². The number of piperazine rings is 1. The number of nitrogens with zero attached hydrogens (tertiary/aromatic N) is 2. The fraction of sp³-hybridized carbons (Fsp3) is 0.667. The Labute approximate surface area is 202 Å². The molecule has 2 amide bonds. The number of ether oxygens (including phenoxy) is 1. The van der Waals surface area contributed by atoms with Crippen LogP contribution in [0.3, 0.4) is 0 Å². The van der Waals surface area contributed by atoms with Crippen molar-refractivity contribution in [3.63, 3.8) is 0 Å². The Morgan fingerprint density at radius 1 is 1.06 bits per heavy atom. The van der Waals surface area contributed by atoms with Crippen LogP contribution < -0.4 is 5.46 Å². The third-order valence-corrected chi connectivity index (χ3v) is 6.84. The van der Waals surface area contributed by atoms with Crippen LogP contribution in [0.1, 0.15) is 73.9 Å². The highest BCUT2D eigenvalue weighted by molar-refractivity contribution is 6.62. The molecule has 33 heavy (non-hydrogen) atoms. The minimum atomic E-state index is -0.607. The van der Waals surface area contributed by atoms with Crippen molar-refractivity contribution in [1.82, 2.24) is 9.80 Å². The minimum absolute atomic E-state index is 0.0622. The SMILES string of the molecule is CC(=O)N1CC(C)N(C(=O)OC(C)(C)C)CC1c1cc(Cl)cc(B2OC(C)(C)C(C)(C)O2)c1. The highest BCUT2D eigenvalue weighted by Crippen LogP contribution is 2.37. The summed E-state index contributed by atoms with van der Waals surface area (Å²) in [6.45, 7) is 17.7. The van der Waals surface area contributed by atoms with Crippen LogP contribution in [-0.4, -0.2) is 64.9 Å². The molecule has 182 valence electrons. The van der Waals surface area contributed by atoms with Crippen molar-refractivity contribution in [2.45, 2.75) is 91.2 Å². The number of hydrogen-bond acceptors (Lipinski definition) is 5. The zero-order chi connectivity index (χ0) is 24.9. The van der Waals surface area contributed by atoms with Gasteiger partial charge in [0.2, 0.25) is 5.91 Å². The summed E-state index contributed by atoms with van der Waals surface area (Å²) in [5, 5.41) is 0.517. The third-order valence-electron chi connectivity index (χ3n) is 6.62. The first kappa shape index (κ1) is 25.9. The van der Waals surface area contributed by atoms with Gasteiger partial charge in [-0.15, -0.1) is 0 Å². The molecule has 3 rings (SSSR count). The van der Waals surface area contributed by atoms with E-state index in [0.29, 0.717) is 18.1 Å². The monoisotopic (exact) mass is 478 g/mol. The van der Waals surface area contributed by atoms with Gasteiger partial charge < -0.3 is 23.8 Å². The molecule has 0 bridgehead atoms. The molecule has 0 aliphatic carbocycles. The van der Waals surface area contributed by atoms with E-state index in [9.17, 15) is 9.59 Å². The quantitative estimate of drug-likeness (QED) is 0.597. The zero-order valence-electron chi connectivity index (χ0n) is 21.2. The first-order valence-corrected chi connectivity index (χ1v) is 11.8. The second-order valence-electron chi connectivity index (χ2n) is 11.1. The predicted octanol–water partition coefficient (Wildman–Crippen LogP) is 4.17. The lowest BCUT2D eigenvalue weighted by Crippen LogP contribution is -2.57. The first-order chi connectivity index (χ1) is 15.0. The van der Waals surface area contributed by atoms with E-state index in [2.05, 4.69) is 0 Å². The van der Waals surface area contributed by atoms with Crippen molar-refractivity contribution in [3.05, 3.63) is 28.8 Å². The third kappa shape index (κ3) is 5.49. The summed E-state index contributed by atoms with van der Waals surface area (Å²) in [7, 11) is -0.581. The van der Waals surface area contributed by atoms with Crippen molar-refractivity contribution in [2.24, 2.45) is 0 Å². The summed E-state index contributed by atoms with van der Waals surface area (Å²) < 4.78 is 18.0. The largest absolute Gasteiger partial charge is 0.494 e. The molecule has 2 unspecified atom stereocenters. The summed E-state index contributed by atoms with van der Waals surface area (Å²) in [4.78, 5) is 28.9. The summed E-state index contributed by atoms with van der Waals surface area (Å²) in [6.07, 6.45) is -0.392. The Bertz CT molecular complexity index is 914. The van der Waals surface area contributed by atoms with Gasteiger partial charge >= 0.3 is 13.2 Å². The Morgan fingerprint density at radius 2 is 1.64 bits per heavy atom. The van der Waals surface area contributed by atoms with Gasteiger partial charge in [0.1, 0.15) is 5.60 Å². The van der Waals surface area contributed by atoms with Crippen LogP contribution in [0.5, 0.6) is 0 Å². The molecule has 0 saturated carbocycles. The van der Waals surface area contributed by atoms with E-state index in [1.165, 1.54) is 0 Å². The van der Waals surface area contributed by atoms with Gasteiger partial charge in [-0.2, -0.15) is 0 Å².